The second-order valence-corrected chi connectivity index (χ2v) is 6.51. The molecule has 1 aliphatic rings. The third-order valence-electron chi connectivity index (χ3n) is 4.68. The molecule has 2 heterocycles. The van der Waals surface area contributed by atoms with Crippen LogP contribution in [0.3, 0.4) is 0 Å². The molecule has 0 atom stereocenters. The van der Waals surface area contributed by atoms with Crippen LogP contribution in [0.5, 0.6) is 23.4 Å². The fourth-order valence-electron chi connectivity index (χ4n) is 3.24. The van der Waals surface area contributed by atoms with Gasteiger partial charge in [0.2, 0.25) is 5.88 Å². The van der Waals surface area contributed by atoms with Crippen molar-refractivity contribution in [2.75, 3.05) is 13.7 Å². The van der Waals surface area contributed by atoms with Crippen LogP contribution in [-0.2, 0) is 0 Å². The van der Waals surface area contributed by atoms with Crippen LogP contribution in [0.4, 0.5) is 0 Å². The van der Waals surface area contributed by atoms with Gasteiger partial charge in [-0.05, 0) is 43.0 Å². The molecule has 0 aliphatic heterocycles. The van der Waals surface area contributed by atoms with Gasteiger partial charge in [0.1, 0.15) is 17.0 Å². The molecule has 1 aromatic carbocycles. The largest absolute Gasteiger partial charge is 0.497 e. The molecule has 0 spiro atoms. The van der Waals surface area contributed by atoms with Crippen molar-refractivity contribution >= 4 is 11.2 Å². The molecule has 1 aliphatic carbocycles. The summed E-state index contributed by atoms with van der Waals surface area (Å²) in [5.74, 6) is 2.46. The highest BCUT2D eigenvalue weighted by Crippen LogP contribution is 2.28. The second kappa shape index (κ2) is 7.59. The molecule has 7 nitrogen and oxygen atoms in total. The topological polar surface area (TPSA) is 82.1 Å². The predicted molar refractivity (Wildman–Crippen MR) is 96.8 cm³/mol. The van der Waals surface area contributed by atoms with Crippen molar-refractivity contribution < 1.29 is 14.2 Å². The summed E-state index contributed by atoms with van der Waals surface area (Å²) < 4.78 is 16.9. The van der Waals surface area contributed by atoms with Gasteiger partial charge in [-0.3, -0.25) is 0 Å². The number of hydrogen-bond donors (Lipinski definition) is 1. The molecule has 26 heavy (non-hydrogen) atoms. The van der Waals surface area contributed by atoms with Gasteiger partial charge in [0, 0.05) is 0 Å². The predicted octanol–water partition coefficient (Wildman–Crippen LogP) is 4.11. The number of aromatic nitrogens is 4. The number of hydrogen-bond acceptors (Lipinski definition) is 6. The molecule has 0 bridgehead atoms. The standard InChI is InChI=1S/C19H22N4O3/c1-24-14-7-9-15(10-8-14)26-19-22-17-16(20-12-21-17)18(23-19)25-11-13-5-3-2-4-6-13/h7-10,12-13H,2-6,11H2,1H3,(H,20,21,22,23). The first-order valence-electron chi connectivity index (χ1n) is 8.97. The van der Waals surface area contributed by atoms with Gasteiger partial charge in [-0.15, -0.1) is 0 Å². The van der Waals surface area contributed by atoms with Gasteiger partial charge in [-0.2, -0.15) is 9.97 Å². The van der Waals surface area contributed by atoms with Crippen molar-refractivity contribution in [1.29, 1.82) is 0 Å². The Bertz CT molecular complexity index is 857. The first kappa shape index (κ1) is 16.6. The van der Waals surface area contributed by atoms with Crippen LogP contribution in [0, 0.1) is 5.92 Å². The summed E-state index contributed by atoms with van der Waals surface area (Å²) in [6.45, 7) is 0.660. The summed E-state index contributed by atoms with van der Waals surface area (Å²) in [5.41, 5.74) is 1.23. The van der Waals surface area contributed by atoms with Crippen LogP contribution in [0.15, 0.2) is 30.6 Å². The fourth-order valence-corrected chi connectivity index (χ4v) is 3.24. The van der Waals surface area contributed by atoms with Gasteiger partial charge in [0.05, 0.1) is 20.0 Å². The van der Waals surface area contributed by atoms with Crippen LogP contribution in [-0.4, -0.2) is 33.7 Å². The molecular formula is C19H22N4O3. The molecule has 1 fully saturated rings. The average Bonchev–Trinajstić information content (AvgIpc) is 3.16. The number of nitrogens with zero attached hydrogens (tertiary/aromatic N) is 3. The van der Waals surface area contributed by atoms with E-state index < -0.39 is 0 Å². The van der Waals surface area contributed by atoms with Crippen LogP contribution in [0.1, 0.15) is 32.1 Å². The van der Waals surface area contributed by atoms with E-state index in [1.54, 1.807) is 25.6 Å². The summed E-state index contributed by atoms with van der Waals surface area (Å²) in [4.78, 5) is 16.0. The zero-order valence-electron chi connectivity index (χ0n) is 14.8. The monoisotopic (exact) mass is 354 g/mol. The van der Waals surface area contributed by atoms with Gasteiger partial charge in [-0.25, -0.2) is 4.98 Å². The summed E-state index contributed by atoms with van der Waals surface area (Å²) in [7, 11) is 1.63. The zero-order valence-corrected chi connectivity index (χ0v) is 14.8. The minimum Gasteiger partial charge on any atom is -0.497 e. The van der Waals surface area contributed by atoms with E-state index >= 15 is 0 Å². The van der Waals surface area contributed by atoms with Crippen molar-refractivity contribution in [1.82, 2.24) is 19.9 Å². The highest BCUT2D eigenvalue weighted by molar-refractivity contribution is 5.75. The van der Waals surface area contributed by atoms with Gasteiger partial charge in [0.15, 0.2) is 5.65 Å². The Kier molecular flexibility index (Phi) is 4.86. The third kappa shape index (κ3) is 3.71. The Labute approximate surface area is 151 Å². The van der Waals surface area contributed by atoms with E-state index in [0.717, 1.165) is 5.75 Å². The first-order valence-corrected chi connectivity index (χ1v) is 8.97. The maximum atomic E-state index is 6.01. The number of imidazole rings is 1. The fraction of sp³-hybridized carbons (Fsp3) is 0.421. The van der Waals surface area contributed by atoms with Gasteiger partial charge in [0.25, 0.3) is 0 Å². The SMILES string of the molecule is COc1ccc(Oc2nc(OCC3CCCCC3)c3[nH]cnc3n2)cc1. The Balaban J connectivity index is 1.53. The molecule has 1 saturated carbocycles. The minimum absolute atomic E-state index is 0.216. The van der Waals surface area contributed by atoms with Crippen molar-refractivity contribution in [2.24, 2.45) is 5.92 Å². The number of aromatic amines is 1. The Morgan fingerprint density at radius 3 is 2.58 bits per heavy atom. The van der Waals surface area contributed by atoms with E-state index in [4.69, 9.17) is 14.2 Å². The van der Waals surface area contributed by atoms with Crippen LogP contribution in [0.2, 0.25) is 0 Å². The molecule has 2 aromatic heterocycles. The highest BCUT2D eigenvalue weighted by atomic mass is 16.5. The lowest BCUT2D eigenvalue weighted by atomic mass is 9.90. The molecule has 136 valence electrons. The van der Waals surface area contributed by atoms with Crippen molar-refractivity contribution in [2.45, 2.75) is 32.1 Å². The van der Waals surface area contributed by atoms with Gasteiger partial charge >= 0.3 is 6.01 Å². The number of benzene rings is 1. The van der Waals surface area contributed by atoms with Crippen molar-refractivity contribution in [3.63, 3.8) is 0 Å². The van der Waals surface area contributed by atoms with E-state index in [-0.39, 0.29) is 6.01 Å². The molecule has 0 saturated heterocycles. The van der Waals surface area contributed by atoms with Gasteiger partial charge in [-0.1, -0.05) is 19.3 Å². The zero-order chi connectivity index (χ0) is 17.8. The van der Waals surface area contributed by atoms with E-state index in [1.807, 2.05) is 12.1 Å². The maximum absolute atomic E-state index is 6.01. The highest BCUT2D eigenvalue weighted by Gasteiger charge is 2.17. The molecule has 0 radical (unpaired) electrons. The van der Waals surface area contributed by atoms with E-state index in [2.05, 4.69) is 19.9 Å². The van der Waals surface area contributed by atoms with Crippen LogP contribution < -0.4 is 14.2 Å². The summed E-state index contributed by atoms with van der Waals surface area (Å²) in [6, 6.07) is 7.47. The van der Waals surface area contributed by atoms with Crippen LogP contribution in [0.25, 0.3) is 11.2 Å². The lowest BCUT2D eigenvalue weighted by molar-refractivity contribution is 0.203. The number of ether oxygens (including phenoxy) is 3. The summed E-state index contributed by atoms with van der Waals surface area (Å²) in [6.07, 6.45) is 7.91. The summed E-state index contributed by atoms with van der Waals surface area (Å²) in [5, 5.41) is 0. The van der Waals surface area contributed by atoms with Gasteiger partial charge < -0.3 is 19.2 Å². The van der Waals surface area contributed by atoms with E-state index in [1.165, 1.54) is 32.1 Å². The molecule has 4 rings (SSSR count). The number of methoxy groups -OCH3 is 1. The number of H-pyrrole nitrogens is 1. The molecule has 1 N–H and O–H groups in total. The number of nitrogens with one attached hydrogen (secondary N) is 1. The molecule has 3 aromatic rings. The van der Waals surface area contributed by atoms with Crippen molar-refractivity contribution in [3.05, 3.63) is 30.6 Å². The molecule has 0 amide bonds. The van der Waals surface area contributed by atoms with Crippen LogP contribution >= 0.6 is 0 Å². The molecular weight excluding hydrogens is 332 g/mol. The smallest absolute Gasteiger partial charge is 0.327 e. The Morgan fingerprint density at radius 1 is 1.04 bits per heavy atom. The average molecular weight is 354 g/mol. The lowest BCUT2D eigenvalue weighted by Gasteiger charge is -2.21. The third-order valence-corrected chi connectivity index (χ3v) is 4.68. The van der Waals surface area contributed by atoms with E-state index in [9.17, 15) is 0 Å². The Hall–Kier alpha value is -2.83. The Morgan fingerprint density at radius 2 is 1.81 bits per heavy atom. The van der Waals surface area contributed by atoms with Crippen molar-refractivity contribution in [3.8, 4) is 23.4 Å². The number of rotatable bonds is 6. The first-order chi connectivity index (χ1) is 12.8. The second-order valence-electron chi connectivity index (χ2n) is 6.51. The molecule has 7 heteroatoms. The quantitative estimate of drug-likeness (QED) is 0.717. The normalized spacial score (nSPS) is 15.1. The summed E-state index contributed by atoms with van der Waals surface area (Å²) >= 11 is 0. The maximum Gasteiger partial charge on any atom is 0.327 e. The molecule has 0 unspecified atom stereocenters. The lowest BCUT2D eigenvalue weighted by Crippen LogP contribution is -2.16. The van der Waals surface area contributed by atoms with E-state index in [0.29, 0.717) is 35.3 Å². The minimum atomic E-state index is 0.216. The number of fused-ring (bicyclic) bond motifs is 1.